The summed E-state index contributed by atoms with van der Waals surface area (Å²) in [5.74, 6) is 0.0387. The highest BCUT2D eigenvalue weighted by molar-refractivity contribution is 5.70. The molecule has 4 atom stereocenters. The average Bonchev–Trinajstić information content (AvgIpc) is 3.15. The summed E-state index contributed by atoms with van der Waals surface area (Å²) < 4.78 is 19.3. The molecule has 4 rings (SSSR count). The van der Waals surface area contributed by atoms with Crippen molar-refractivity contribution in [3.8, 4) is 0 Å². The minimum atomic E-state index is -0.479. The van der Waals surface area contributed by atoms with Crippen LogP contribution in [-0.2, 0) is 14.2 Å². The molecule has 3 N–H and O–H groups in total. The van der Waals surface area contributed by atoms with Crippen LogP contribution in [0.3, 0.4) is 0 Å². The Morgan fingerprint density at radius 2 is 2.45 bits per heavy atom. The van der Waals surface area contributed by atoms with Gasteiger partial charge in [0.15, 0.2) is 17.4 Å². The zero-order chi connectivity index (χ0) is 15.5. The van der Waals surface area contributed by atoms with Crippen LogP contribution in [-0.4, -0.2) is 51.0 Å². The molecule has 2 aliphatic heterocycles. The Hall–Kier alpha value is -1.97. The molecule has 22 heavy (non-hydrogen) atoms. The number of H-pyrrole nitrogens is 1. The van der Waals surface area contributed by atoms with Crippen LogP contribution >= 0.6 is 0 Å². The number of hydrogen-bond acceptors (Lipinski definition) is 7. The van der Waals surface area contributed by atoms with Crippen molar-refractivity contribution in [1.82, 2.24) is 19.5 Å². The van der Waals surface area contributed by atoms with Gasteiger partial charge in [-0.25, -0.2) is 4.98 Å². The highest BCUT2D eigenvalue weighted by Crippen LogP contribution is 2.48. The Kier molecular flexibility index (Phi) is 2.80. The SMILES string of the molecule is CC[C@]12CO[C@@H](C1OC)[C@H](n1cnc3c(=O)[nH]c(N)nc31)O2. The molecule has 9 heteroatoms. The Morgan fingerprint density at radius 3 is 3.14 bits per heavy atom. The quantitative estimate of drug-likeness (QED) is 0.805. The lowest BCUT2D eigenvalue weighted by atomic mass is 9.96. The van der Waals surface area contributed by atoms with Crippen LogP contribution in [0.1, 0.15) is 19.6 Å². The Morgan fingerprint density at radius 1 is 1.64 bits per heavy atom. The largest absolute Gasteiger partial charge is 0.375 e. The molecule has 2 aromatic rings. The molecule has 0 radical (unpaired) electrons. The monoisotopic (exact) mass is 307 g/mol. The van der Waals surface area contributed by atoms with Crippen LogP contribution < -0.4 is 11.3 Å². The van der Waals surface area contributed by atoms with Crippen LogP contribution in [0.4, 0.5) is 5.95 Å². The van der Waals surface area contributed by atoms with Crippen molar-refractivity contribution in [3.05, 3.63) is 16.7 Å². The smallest absolute Gasteiger partial charge is 0.280 e. The number of aromatic amines is 1. The summed E-state index contributed by atoms with van der Waals surface area (Å²) in [7, 11) is 1.65. The predicted molar refractivity (Wildman–Crippen MR) is 76.2 cm³/mol. The van der Waals surface area contributed by atoms with Gasteiger partial charge in [-0.05, 0) is 6.42 Å². The molecular weight excluding hydrogens is 290 g/mol. The molecule has 0 spiro atoms. The fraction of sp³-hybridized carbons (Fsp3) is 0.615. The summed E-state index contributed by atoms with van der Waals surface area (Å²) in [5, 5.41) is 0. The van der Waals surface area contributed by atoms with Crippen molar-refractivity contribution in [1.29, 1.82) is 0 Å². The van der Waals surface area contributed by atoms with Gasteiger partial charge in [0.1, 0.15) is 17.8 Å². The van der Waals surface area contributed by atoms with E-state index in [-0.39, 0.29) is 29.2 Å². The van der Waals surface area contributed by atoms with Crippen molar-refractivity contribution in [2.24, 2.45) is 0 Å². The van der Waals surface area contributed by atoms with Crippen molar-refractivity contribution in [3.63, 3.8) is 0 Å². The lowest BCUT2D eigenvalue weighted by molar-refractivity contribution is -0.173. The molecule has 0 aromatic carbocycles. The van der Waals surface area contributed by atoms with E-state index in [1.165, 1.54) is 6.33 Å². The molecule has 1 unspecified atom stereocenters. The molecule has 9 nitrogen and oxygen atoms in total. The van der Waals surface area contributed by atoms with Gasteiger partial charge in [-0.2, -0.15) is 4.98 Å². The first-order chi connectivity index (χ1) is 10.6. The van der Waals surface area contributed by atoms with Gasteiger partial charge in [0, 0.05) is 7.11 Å². The molecule has 2 bridgehead atoms. The van der Waals surface area contributed by atoms with Crippen LogP contribution in [0, 0.1) is 0 Å². The molecule has 4 heterocycles. The summed E-state index contributed by atoms with van der Waals surface area (Å²) in [6, 6.07) is 0. The summed E-state index contributed by atoms with van der Waals surface area (Å²) in [5.41, 5.74) is 5.37. The van der Waals surface area contributed by atoms with E-state index in [1.807, 2.05) is 6.92 Å². The lowest BCUT2D eigenvalue weighted by Crippen LogP contribution is -2.40. The highest BCUT2D eigenvalue weighted by atomic mass is 16.7. The van der Waals surface area contributed by atoms with Crippen molar-refractivity contribution < 1.29 is 14.2 Å². The number of rotatable bonds is 3. The number of nitrogen functional groups attached to an aromatic ring is 1. The predicted octanol–water partition coefficient (Wildman–Crippen LogP) is -0.207. The fourth-order valence-electron chi connectivity index (χ4n) is 3.43. The molecule has 0 aliphatic carbocycles. The lowest BCUT2D eigenvalue weighted by Gasteiger charge is -2.30. The van der Waals surface area contributed by atoms with Crippen molar-refractivity contribution in [2.45, 2.75) is 37.4 Å². The van der Waals surface area contributed by atoms with E-state index in [1.54, 1.807) is 11.7 Å². The second-order valence-electron chi connectivity index (χ2n) is 5.63. The van der Waals surface area contributed by atoms with Gasteiger partial charge >= 0.3 is 0 Å². The number of anilines is 1. The summed E-state index contributed by atoms with van der Waals surface area (Å²) in [6.07, 6.45) is 1.40. The van der Waals surface area contributed by atoms with Gasteiger partial charge in [-0.15, -0.1) is 0 Å². The number of methoxy groups -OCH3 is 1. The van der Waals surface area contributed by atoms with E-state index in [4.69, 9.17) is 19.9 Å². The van der Waals surface area contributed by atoms with Crippen molar-refractivity contribution >= 4 is 17.1 Å². The second-order valence-corrected chi connectivity index (χ2v) is 5.63. The third-order valence-corrected chi connectivity index (χ3v) is 4.55. The molecule has 0 amide bonds. The maximum atomic E-state index is 11.9. The average molecular weight is 307 g/mol. The number of nitrogens with one attached hydrogen (secondary N) is 1. The number of imidazole rings is 1. The number of ether oxygens (including phenoxy) is 3. The molecular formula is C13H17N5O4. The fourth-order valence-corrected chi connectivity index (χ4v) is 3.43. The van der Waals surface area contributed by atoms with E-state index in [0.29, 0.717) is 12.3 Å². The third kappa shape index (κ3) is 1.61. The summed E-state index contributed by atoms with van der Waals surface area (Å²) in [6.45, 7) is 2.53. The number of aromatic nitrogens is 4. The zero-order valence-corrected chi connectivity index (χ0v) is 12.3. The maximum absolute atomic E-state index is 11.9. The maximum Gasteiger partial charge on any atom is 0.280 e. The van der Waals surface area contributed by atoms with E-state index in [2.05, 4.69) is 15.0 Å². The number of fused-ring (bicyclic) bond motifs is 3. The van der Waals surface area contributed by atoms with Gasteiger partial charge in [-0.3, -0.25) is 14.3 Å². The van der Waals surface area contributed by atoms with Crippen LogP contribution in [0.15, 0.2) is 11.1 Å². The molecule has 118 valence electrons. The van der Waals surface area contributed by atoms with E-state index in [9.17, 15) is 4.79 Å². The number of nitrogens with two attached hydrogens (primary N) is 1. The first kappa shape index (κ1) is 13.7. The van der Waals surface area contributed by atoms with E-state index < -0.39 is 11.8 Å². The molecule has 0 saturated carbocycles. The second kappa shape index (κ2) is 4.51. The van der Waals surface area contributed by atoms with Gasteiger partial charge < -0.3 is 19.9 Å². The van der Waals surface area contributed by atoms with Crippen LogP contribution in [0.5, 0.6) is 0 Å². The van der Waals surface area contributed by atoms with Crippen molar-refractivity contribution in [2.75, 3.05) is 19.5 Å². The van der Waals surface area contributed by atoms with Gasteiger partial charge in [0.05, 0.1) is 12.9 Å². The topological polar surface area (TPSA) is 117 Å². The molecule has 2 fully saturated rings. The van der Waals surface area contributed by atoms with Crippen LogP contribution in [0.25, 0.3) is 11.2 Å². The van der Waals surface area contributed by atoms with Crippen LogP contribution in [0.2, 0.25) is 0 Å². The summed E-state index contributed by atoms with van der Waals surface area (Å²) in [4.78, 5) is 22.6. The van der Waals surface area contributed by atoms with Gasteiger partial charge in [-0.1, -0.05) is 6.92 Å². The number of hydrogen-bond donors (Lipinski definition) is 2. The normalized spacial score (nSPS) is 33.8. The first-order valence-corrected chi connectivity index (χ1v) is 7.14. The first-order valence-electron chi connectivity index (χ1n) is 7.14. The highest BCUT2D eigenvalue weighted by Gasteiger charge is 2.61. The third-order valence-electron chi connectivity index (χ3n) is 4.55. The molecule has 2 saturated heterocycles. The summed E-state index contributed by atoms with van der Waals surface area (Å²) >= 11 is 0. The van der Waals surface area contributed by atoms with Gasteiger partial charge in [0.25, 0.3) is 5.56 Å². The molecule has 2 aromatic heterocycles. The van der Waals surface area contributed by atoms with E-state index >= 15 is 0 Å². The van der Waals surface area contributed by atoms with E-state index in [0.717, 1.165) is 6.42 Å². The Balaban J connectivity index is 1.83. The standard InChI is InChI=1S/C13H17N5O4/c1-3-13-4-21-7(8(13)20-2)11(22-13)18-5-15-6-9(18)16-12(14)17-10(6)19/h5,7-8,11H,3-4H2,1-2H3,(H3,14,16,17,19)/t7-,8?,11+,13-/m0/s1. The minimum Gasteiger partial charge on any atom is -0.375 e. The Labute approximate surface area is 125 Å². The molecule has 2 aliphatic rings. The minimum absolute atomic E-state index is 0.0387. The Bertz CT molecular complexity index is 786. The zero-order valence-electron chi connectivity index (χ0n) is 12.3. The van der Waals surface area contributed by atoms with Gasteiger partial charge in [0.2, 0.25) is 5.95 Å². The number of nitrogens with zero attached hydrogens (tertiary/aromatic N) is 3.